The van der Waals surface area contributed by atoms with Gasteiger partial charge in [0, 0.05) is 30.7 Å². The molecule has 6 nitrogen and oxygen atoms in total. The highest BCUT2D eigenvalue weighted by Gasteiger charge is 2.46. The highest BCUT2D eigenvalue weighted by atomic mass is 35.5. The Morgan fingerprint density at radius 1 is 1.24 bits per heavy atom. The van der Waals surface area contributed by atoms with Gasteiger partial charge in [0.2, 0.25) is 0 Å². The van der Waals surface area contributed by atoms with Gasteiger partial charge in [-0.05, 0) is 30.0 Å². The van der Waals surface area contributed by atoms with E-state index in [0.717, 1.165) is 4.88 Å². The molecule has 0 radical (unpaired) electrons. The molecule has 3 rings (SSSR count). The van der Waals surface area contributed by atoms with Gasteiger partial charge < -0.3 is 19.5 Å². The molecule has 0 saturated carbocycles. The minimum atomic E-state index is -0.749. The van der Waals surface area contributed by atoms with Crippen LogP contribution in [0.3, 0.4) is 0 Å². The van der Waals surface area contributed by atoms with Crippen molar-refractivity contribution in [1.82, 2.24) is 4.90 Å². The zero-order chi connectivity index (χ0) is 21.1. The molecule has 1 aromatic carbocycles. The molecule has 1 atom stereocenters. The smallest absolute Gasteiger partial charge is 0.295 e. The normalized spacial score (nSPS) is 18.5. The first-order chi connectivity index (χ1) is 13.9. The molecular formula is C20H19Cl2NO5S. The van der Waals surface area contributed by atoms with Crippen molar-refractivity contribution in [3.8, 4) is 5.75 Å². The lowest BCUT2D eigenvalue weighted by atomic mass is 9.99. The molecule has 2 heterocycles. The maximum absolute atomic E-state index is 12.8. The Labute approximate surface area is 182 Å². The van der Waals surface area contributed by atoms with Crippen LogP contribution in [-0.2, 0) is 14.3 Å². The van der Waals surface area contributed by atoms with Crippen LogP contribution in [0.4, 0.5) is 0 Å². The minimum Gasteiger partial charge on any atom is -0.507 e. The molecule has 1 fully saturated rings. The molecule has 0 aliphatic carbocycles. The largest absolute Gasteiger partial charge is 0.507 e. The Morgan fingerprint density at radius 2 is 1.93 bits per heavy atom. The standard InChI is InChI=1S/C20H19Cl2NO5S/c1-27-7-4-6-23-16(14-5-3-8-29-14)15(18(25)20(23)26)17(24)11-9-12(21)19(28-2)13(22)10-11/h3,5,8-10,16,24H,4,6-7H2,1-2H3/b17-15-. The molecule has 1 aliphatic rings. The number of Topliss-reactive ketones (excluding diaryl/α,β-unsaturated/α-hetero) is 1. The predicted molar refractivity (Wildman–Crippen MR) is 113 cm³/mol. The van der Waals surface area contributed by atoms with Crippen molar-refractivity contribution >= 4 is 52.0 Å². The number of ketones is 1. The van der Waals surface area contributed by atoms with E-state index in [1.54, 1.807) is 7.11 Å². The van der Waals surface area contributed by atoms with Crippen molar-refractivity contribution in [3.05, 3.63) is 55.7 Å². The van der Waals surface area contributed by atoms with Gasteiger partial charge in [0.25, 0.3) is 11.7 Å². The van der Waals surface area contributed by atoms with Gasteiger partial charge in [0.1, 0.15) is 5.76 Å². The number of hydrogen-bond acceptors (Lipinski definition) is 6. The molecule has 1 amide bonds. The molecule has 29 heavy (non-hydrogen) atoms. The van der Waals surface area contributed by atoms with Gasteiger partial charge in [-0.3, -0.25) is 9.59 Å². The Balaban J connectivity index is 2.12. The SMILES string of the molecule is COCCCN1C(=O)C(=O)/C(=C(\O)c2cc(Cl)c(OC)c(Cl)c2)C1c1cccs1. The van der Waals surface area contributed by atoms with E-state index in [4.69, 9.17) is 32.7 Å². The Morgan fingerprint density at radius 3 is 2.48 bits per heavy atom. The Bertz CT molecular complexity index is 935. The van der Waals surface area contributed by atoms with Crippen LogP contribution < -0.4 is 4.74 Å². The van der Waals surface area contributed by atoms with Crippen molar-refractivity contribution in [2.24, 2.45) is 0 Å². The van der Waals surface area contributed by atoms with Gasteiger partial charge in [-0.15, -0.1) is 11.3 Å². The molecule has 1 aromatic heterocycles. The number of aliphatic hydroxyl groups is 1. The highest BCUT2D eigenvalue weighted by Crippen LogP contribution is 2.43. The third kappa shape index (κ3) is 4.14. The van der Waals surface area contributed by atoms with E-state index in [-0.39, 0.29) is 32.7 Å². The fraction of sp³-hybridized carbons (Fsp3) is 0.300. The monoisotopic (exact) mass is 455 g/mol. The lowest BCUT2D eigenvalue weighted by Gasteiger charge is -2.24. The van der Waals surface area contributed by atoms with Gasteiger partial charge in [0.05, 0.1) is 28.8 Å². The van der Waals surface area contributed by atoms with E-state index in [1.807, 2.05) is 17.5 Å². The van der Waals surface area contributed by atoms with E-state index >= 15 is 0 Å². The number of hydrogen-bond donors (Lipinski definition) is 1. The van der Waals surface area contributed by atoms with E-state index in [0.29, 0.717) is 19.6 Å². The summed E-state index contributed by atoms with van der Waals surface area (Å²) in [6.45, 7) is 0.770. The maximum Gasteiger partial charge on any atom is 0.295 e. The summed E-state index contributed by atoms with van der Waals surface area (Å²) in [5, 5.41) is 13.2. The molecular weight excluding hydrogens is 437 g/mol. The van der Waals surface area contributed by atoms with Gasteiger partial charge in [-0.25, -0.2) is 0 Å². The number of benzene rings is 1. The Hall–Kier alpha value is -2.06. The second-order valence-corrected chi connectivity index (χ2v) is 8.12. The zero-order valence-electron chi connectivity index (χ0n) is 15.8. The Kier molecular flexibility index (Phi) is 6.85. The molecule has 2 aromatic rings. The maximum atomic E-state index is 12.8. The number of carbonyl (C=O) groups is 2. The first-order valence-electron chi connectivity index (χ1n) is 8.74. The van der Waals surface area contributed by atoms with Gasteiger partial charge in [0.15, 0.2) is 5.75 Å². The van der Waals surface area contributed by atoms with Crippen LogP contribution in [-0.4, -0.2) is 49.1 Å². The van der Waals surface area contributed by atoms with Crippen LogP contribution in [0, 0.1) is 0 Å². The molecule has 1 unspecified atom stereocenters. The molecule has 1 saturated heterocycles. The number of halogens is 2. The fourth-order valence-electron chi connectivity index (χ4n) is 3.28. The lowest BCUT2D eigenvalue weighted by molar-refractivity contribution is -0.140. The number of ether oxygens (including phenoxy) is 2. The zero-order valence-corrected chi connectivity index (χ0v) is 18.1. The summed E-state index contributed by atoms with van der Waals surface area (Å²) in [4.78, 5) is 27.8. The first kappa shape index (κ1) is 21.6. The van der Waals surface area contributed by atoms with E-state index in [2.05, 4.69) is 0 Å². The molecule has 1 N–H and O–H groups in total. The van der Waals surface area contributed by atoms with Crippen molar-refractivity contribution in [2.45, 2.75) is 12.5 Å². The molecule has 9 heteroatoms. The third-order valence-electron chi connectivity index (χ3n) is 4.58. The number of amides is 1. The second-order valence-electron chi connectivity index (χ2n) is 6.33. The predicted octanol–water partition coefficient (Wildman–Crippen LogP) is 4.52. The van der Waals surface area contributed by atoms with E-state index in [1.165, 1.54) is 35.5 Å². The molecule has 0 spiro atoms. The average Bonchev–Trinajstić information content (AvgIpc) is 3.30. The number of methoxy groups -OCH3 is 2. The lowest BCUT2D eigenvalue weighted by Crippen LogP contribution is -2.31. The van der Waals surface area contributed by atoms with Crippen molar-refractivity contribution in [2.75, 3.05) is 27.4 Å². The van der Waals surface area contributed by atoms with Crippen molar-refractivity contribution in [3.63, 3.8) is 0 Å². The average molecular weight is 456 g/mol. The quantitative estimate of drug-likeness (QED) is 0.287. The summed E-state index contributed by atoms with van der Waals surface area (Å²) in [7, 11) is 3.00. The van der Waals surface area contributed by atoms with Crippen LogP contribution in [0.5, 0.6) is 5.75 Å². The van der Waals surface area contributed by atoms with Crippen LogP contribution >= 0.6 is 34.5 Å². The number of rotatable bonds is 7. The number of nitrogens with zero attached hydrogens (tertiary/aromatic N) is 1. The summed E-state index contributed by atoms with van der Waals surface area (Å²) < 4.78 is 10.2. The summed E-state index contributed by atoms with van der Waals surface area (Å²) >= 11 is 13.8. The van der Waals surface area contributed by atoms with Gasteiger partial charge in [-0.2, -0.15) is 0 Å². The highest BCUT2D eigenvalue weighted by molar-refractivity contribution is 7.10. The van der Waals surface area contributed by atoms with Crippen LogP contribution in [0.15, 0.2) is 35.2 Å². The fourth-order valence-corrected chi connectivity index (χ4v) is 4.77. The number of carbonyl (C=O) groups excluding carboxylic acids is 2. The van der Waals surface area contributed by atoms with Crippen LogP contribution in [0.1, 0.15) is 22.9 Å². The van der Waals surface area contributed by atoms with E-state index in [9.17, 15) is 14.7 Å². The molecule has 1 aliphatic heterocycles. The summed E-state index contributed by atoms with van der Waals surface area (Å²) in [6.07, 6.45) is 0.561. The van der Waals surface area contributed by atoms with Crippen molar-refractivity contribution < 1.29 is 24.2 Å². The number of likely N-dealkylation sites (tertiary alicyclic amines) is 1. The van der Waals surface area contributed by atoms with Crippen molar-refractivity contribution in [1.29, 1.82) is 0 Å². The summed E-state index contributed by atoms with van der Waals surface area (Å²) in [5.41, 5.74) is 0.240. The van der Waals surface area contributed by atoms with Crippen LogP contribution in [0.25, 0.3) is 5.76 Å². The number of aliphatic hydroxyl groups excluding tert-OH is 1. The van der Waals surface area contributed by atoms with Gasteiger partial charge >= 0.3 is 0 Å². The molecule has 154 valence electrons. The minimum absolute atomic E-state index is 0.00664. The summed E-state index contributed by atoms with van der Waals surface area (Å²) in [6, 6.07) is 5.87. The first-order valence-corrected chi connectivity index (χ1v) is 10.4. The topological polar surface area (TPSA) is 76.1 Å². The number of thiophene rings is 1. The third-order valence-corrected chi connectivity index (χ3v) is 6.06. The molecule has 0 bridgehead atoms. The van der Waals surface area contributed by atoms with E-state index < -0.39 is 17.7 Å². The summed E-state index contributed by atoms with van der Waals surface area (Å²) in [5.74, 6) is -1.48. The second kappa shape index (κ2) is 9.17. The van der Waals surface area contributed by atoms with Gasteiger partial charge in [-0.1, -0.05) is 29.3 Å². The van der Waals surface area contributed by atoms with Crippen LogP contribution in [0.2, 0.25) is 10.0 Å².